The highest BCUT2D eigenvalue weighted by Crippen LogP contribution is 2.35. The van der Waals surface area contributed by atoms with Gasteiger partial charge in [-0.25, -0.2) is 9.97 Å². The Hall–Kier alpha value is -3.07. The lowest BCUT2D eigenvalue weighted by atomic mass is 10.1. The van der Waals surface area contributed by atoms with Crippen molar-refractivity contribution in [3.05, 3.63) is 53.2 Å². The molecule has 8 nitrogen and oxygen atoms in total. The molecule has 1 unspecified atom stereocenters. The van der Waals surface area contributed by atoms with E-state index in [2.05, 4.69) is 25.4 Å². The monoisotopic (exact) mass is 395 g/mol. The van der Waals surface area contributed by atoms with Crippen LogP contribution >= 0.6 is 11.3 Å². The zero-order chi connectivity index (χ0) is 19.5. The maximum Gasteiger partial charge on any atom is 0.247 e. The van der Waals surface area contributed by atoms with Gasteiger partial charge in [-0.05, 0) is 25.8 Å². The van der Waals surface area contributed by atoms with Crippen molar-refractivity contribution in [3.8, 4) is 0 Å². The first-order valence-corrected chi connectivity index (χ1v) is 9.89. The second kappa shape index (κ2) is 7.89. The van der Waals surface area contributed by atoms with Gasteiger partial charge < -0.3 is 10.2 Å². The van der Waals surface area contributed by atoms with Crippen molar-refractivity contribution in [2.24, 2.45) is 7.05 Å². The number of carbonyl (C=O) groups excluding carboxylic acids is 1. The fraction of sp³-hybridized carbons (Fsp3) is 0.316. The second-order valence-corrected chi connectivity index (χ2v) is 7.90. The Morgan fingerprint density at radius 1 is 1.29 bits per heavy atom. The van der Waals surface area contributed by atoms with E-state index in [0.29, 0.717) is 12.4 Å². The quantitative estimate of drug-likeness (QED) is 0.668. The molecule has 0 aromatic carbocycles. The molecule has 0 aliphatic carbocycles. The second-order valence-electron chi connectivity index (χ2n) is 6.66. The summed E-state index contributed by atoms with van der Waals surface area (Å²) >= 11 is 1.56. The van der Waals surface area contributed by atoms with Crippen LogP contribution in [0.3, 0.4) is 0 Å². The summed E-state index contributed by atoms with van der Waals surface area (Å²) in [5, 5.41) is 8.14. The number of nitrogens with one attached hydrogen (secondary N) is 1. The molecule has 0 spiro atoms. The molecule has 28 heavy (non-hydrogen) atoms. The Morgan fingerprint density at radius 2 is 2.14 bits per heavy atom. The van der Waals surface area contributed by atoms with Crippen LogP contribution in [-0.2, 0) is 11.8 Å². The minimum Gasteiger partial charge on any atom is -0.330 e. The number of carbonyl (C=O) groups is 1. The van der Waals surface area contributed by atoms with Gasteiger partial charge in [0.05, 0.1) is 12.2 Å². The van der Waals surface area contributed by atoms with Gasteiger partial charge in [0.1, 0.15) is 5.69 Å². The number of thiazole rings is 1. The van der Waals surface area contributed by atoms with E-state index in [1.807, 2.05) is 31.3 Å². The maximum atomic E-state index is 12.8. The van der Waals surface area contributed by atoms with Crippen molar-refractivity contribution in [2.45, 2.75) is 25.8 Å². The average Bonchev–Trinajstić information content (AvgIpc) is 3.42. The van der Waals surface area contributed by atoms with Crippen LogP contribution in [0, 0.1) is 6.92 Å². The standard InChI is InChI=1S/C19H21N7OS/c1-13-10-22-19(28-13)24-18-17(20-7-8-21-18)15-4-3-9-26(15)16(27)6-5-14-11-23-25(2)12-14/h5-8,10-12,15H,3-4,9H2,1-2H3,(H,21,22,24)/b6-5+. The van der Waals surface area contributed by atoms with E-state index in [0.717, 1.165) is 34.1 Å². The number of aryl methyl sites for hydroxylation is 2. The summed E-state index contributed by atoms with van der Waals surface area (Å²) in [6.07, 6.45) is 13.9. The molecule has 1 aliphatic rings. The molecule has 0 radical (unpaired) electrons. The van der Waals surface area contributed by atoms with Gasteiger partial charge in [-0.3, -0.25) is 14.5 Å². The first kappa shape index (κ1) is 18.3. The van der Waals surface area contributed by atoms with Crippen LogP contribution in [0.4, 0.5) is 10.9 Å². The SMILES string of the molecule is Cc1cnc(Nc2nccnc2C2CCCN2C(=O)/C=C/c2cnn(C)c2)s1. The summed E-state index contributed by atoms with van der Waals surface area (Å²) < 4.78 is 1.71. The van der Waals surface area contributed by atoms with Gasteiger partial charge in [0, 0.05) is 54.9 Å². The van der Waals surface area contributed by atoms with Crippen LogP contribution in [-0.4, -0.2) is 42.1 Å². The molecule has 1 atom stereocenters. The van der Waals surface area contributed by atoms with Crippen molar-refractivity contribution >= 4 is 34.3 Å². The largest absolute Gasteiger partial charge is 0.330 e. The van der Waals surface area contributed by atoms with Crippen LogP contribution in [0.15, 0.2) is 37.1 Å². The average molecular weight is 395 g/mol. The molecule has 4 heterocycles. The zero-order valence-electron chi connectivity index (χ0n) is 15.7. The summed E-state index contributed by atoms with van der Waals surface area (Å²) in [6, 6.07) is -0.108. The number of hydrogen-bond acceptors (Lipinski definition) is 7. The van der Waals surface area contributed by atoms with Gasteiger partial charge in [-0.2, -0.15) is 5.10 Å². The molecule has 144 valence electrons. The molecular weight excluding hydrogens is 374 g/mol. The van der Waals surface area contributed by atoms with E-state index in [1.165, 1.54) is 0 Å². The van der Waals surface area contributed by atoms with Gasteiger partial charge in [-0.15, -0.1) is 11.3 Å². The number of aromatic nitrogens is 5. The van der Waals surface area contributed by atoms with Crippen molar-refractivity contribution in [2.75, 3.05) is 11.9 Å². The van der Waals surface area contributed by atoms with Crippen molar-refractivity contribution in [1.29, 1.82) is 0 Å². The summed E-state index contributed by atoms with van der Waals surface area (Å²) in [4.78, 5) is 29.1. The molecule has 3 aromatic rings. The highest BCUT2D eigenvalue weighted by Gasteiger charge is 2.32. The Labute approximate surface area is 167 Å². The third kappa shape index (κ3) is 3.94. The Kier molecular flexibility index (Phi) is 5.16. The number of rotatable bonds is 5. The summed E-state index contributed by atoms with van der Waals surface area (Å²) in [6.45, 7) is 2.71. The maximum absolute atomic E-state index is 12.8. The number of hydrogen-bond donors (Lipinski definition) is 1. The third-order valence-corrected chi connectivity index (χ3v) is 5.40. The zero-order valence-corrected chi connectivity index (χ0v) is 16.6. The Bertz CT molecular complexity index is 1010. The van der Waals surface area contributed by atoms with Gasteiger partial charge in [0.15, 0.2) is 10.9 Å². The smallest absolute Gasteiger partial charge is 0.247 e. The van der Waals surface area contributed by atoms with Crippen molar-refractivity contribution < 1.29 is 4.79 Å². The van der Waals surface area contributed by atoms with E-state index < -0.39 is 0 Å². The molecule has 1 aliphatic heterocycles. The first-order chi connectivity index (χ1) is 13.6. The molecule has 1 fully saturated rings. The lowest BCUT2D eigenvalue weighted by Crippen LogP contribution is -2.30. The molecular formula is C19H21N7OS. The van der Waals surface area contributed by atoms with Crippen molar-refractivity contribution in [3.63, 3.8) is 0 Å². The normalized spacial score (nSPS) is 16.8. The Morgan fingerprint density at radius 3 is 2.89 bits per heavy atom. The highest BCUT2D eigenvalue weighted by atomic mass is 32.1. The Balaban J connectivity index is 1.54. The molecule has 1 saturated heterocycles. The minimum absolute atomic E-state index is 0.0342. The third-order valence-electron chi connectivity index (χ3n) is 4.57. The van der Waals surface area contributed by atoms with Gasteiger partial charge in [-0.1, -0.05) is 0 Å². The fourth-order valence-electron chi connectivity index (χ4n) is 3.31. The van der Waals surface area contributed by atoms with Crippen LogP contribution < -0.4 is 5.32 Å². The van der Waals surface area contributed by atoms with E-state index in [9.17, 15) is 4.79 Å². The minimum atomic E-state index is -0.108. The molecule has 3 aromatic heterocycles. The summed E-state index contributed by atoms with van der Waals surface area (Å²) in [7, 11) is 1.85. The van der Waals surface area contributed by atoms with E-state index in [4.69, 9.17) is 0 Å². The summed E-state index contributed by atoms with van der Waals surface area (Å²) in [5.41, 5.74) is 1.67. The lowest BCUT2D eigenvalue weighted by Gasteiger charge is -2.24. The van der Waals surface area contributed by atoms with E-state index in [1.54, 1.807) is 46.8 Å². The predicted octanol–water partition coefficient (Wildman–Crippen LogP) is 3.10. The number of nitrogens with zero attached hydrogens (tertiary/aromatic N) is 6. The number of likely N-dealkylation sites (tertiary alicyclic amines) is 1. The lowest BCUT2D eigenvalue weighted by molar-refractivity contribution is -0.126. The number of amides is 1. The van der Waals surface area contributed by atoms with Gasteiger partial charge >= 0.3 is 0 Å². The molecule has 0 bridgehead atoms. The highest BCUT2D eigenvalue weighted by molar-refractivity contribution is 7.15. The molecule has 0 saturated carbocycles. The molecule has 1 amide bonds. The van der Waals surface area contributed by atoms with Crippen LogP contribution in [0.5, 0.6) is 0 Å². The molecule has 4 rings (SSSR count). The van der Waals surface area contributed by atoms with Crippen LogP contribution in [0.1, 0.15) is 35.0 Å². The first-order valence-electron chi connectivity index (χ1n) is 9.08. The molecule has 1 N–H and O–H groups in total. The number of anilines is 2. The van der Waals surface area contributed by atoms with E-state index in [-0.39, 0.29) is 11.9 Å². The fourth-order valence-corrected chi connectivity index (χ4v) is 3.97. The molecule has 9 heteroatoms. The summed E-state index contributed by atoms with van der Waals surface area (Å²) in [5.74, 6) is 0.617. The predicted molar refractivity (Wildman–Crippen MR) is 108 cm³/mol. The van der Waals surface area contributed by atoms with Crippen molar-refractivity contribution in [1.82, 2.24) is 29.6 Å². The van der Waals surface area contributed by atoms with Crippen LogP contribution in [0.25, 0.3) is 6.08 Å². The van der Waals surface area contributed by atoms with Gasteiger partial charge in [0.25, 0.3) is 0 Å². The van der Waals surface area contributed by atoms with Gasteiger partial charge in [0.2, 0.25) is 5.91 Å². The van der Waals surface area contributed by atoms with E-state index >= 15 is 0 Å². The van der Waals surface area contributed by atoms with Crippen LogP contribution in [0.2, 0.25) is 0 Å². The topological polar surface area (TPSA) is 88.8 Å².